The molecule has 11 heavy (non-hydrogen) atoms. The molecular formula is C5H6N3O2S+. The minimum absolute atomic E-state index is 0.246. The number of thioether (sulfide) groups is 1. The van der Waals surface area contributed by atoms with Crippen molar-refractivity contribution in [3.8, 4) is 6.07 Å². The zero-order valence-electron chi connectivity index (χ0n) is 5.83. The predicted octanol–water partition coefficient (Wildman–Crippen LogP) is -0.592. The molecule has 5 nitrogen and oxygen atoms in total. The Balaban J connectivity index is 2.86. The van der Waals surface area contributed by atoms with E-state index in [1.54, 1.807) is 7.05 Å². The van der Waals surface area contributed by atoms with E-state index in [2.05, 4.69) is 9.79 Å². The summed E-state index contributed by atoms with van der Waals surface area (Å²) < 4.78 is 5.88. The number of aromatic nitrogens is 2. The molecule has 0 bridgehead atoms. The molecule has 58 valence electrons. The van der Waals surface area contributed by atoms with Gasteiger partial charge in [0.1, 0.15) is 0 Å². The number of aryl methyl sites for hydroxylation is 1. The molecule has 0 aliphatic heterocycles. The van der Waals surface area contributed by atoms with Gasteiger partial charge in [0, 0.05) is 0 Å². The smallest absolute Gasteiger partial charge is 0.282 e. The van der Waals surface area contributed by atoms with Crippen LogP contribution in [0.1, 0.15) is 0 Å². The van der Waals surface area contributed by atoms with Gasteiger partial charge in [0.15, 0.2) is 7.05 Å². The van der Waals surface area contributed by atoms with Crippen molar-refractivity contribution in [3.05, 3.63) is 10.4 Å². The lowest BCUT2D eigenvalue weighted by Crippen LogP contribution is -2.33. The van der Waals surface area contributed by atoms with Crippen molar-refractivity contribution in [2.24, 2.45) is 7.05 Å². The van der Waals surface area contributed by atoms with E-state index < -0.39 is 5.63 Å². The van der Waals surface area contributed by atoms with Crippen LogP contribution in [0.25, 0.3) is 0 Å². The second-order valence-electron chi connectivity index (χ2n) is 1.79. The Morgan fingerprint density at radius 1 is 1.91 bits per heavy atom. The Bertz CT molecular complexity index is 334. The van der Waals surface area contributed by atoms with Crippen LogP contribution in [0.3, 0.4) is 0 Å². The van der Waals surface area contributed by atoms with Gasteiger partial charge < -0.3 is 0 Å². The highest BCUT2D eigenvalue weighted by Crippen LogP contribution is 2.05. The molecule has 1 N–H and O–H groups in total. The second-order valence-corrected chi connectivity index (χ2v) is 2.76. The third-order valence-electron chi connectivity index (χ3n) is 1.03. The molecule has 1 heterocycles. The molecule has 1 aromatic rings. The van der Waals surface area contributed by atoms with E-state index in [1.807, 2.05) is 6.07 Å². The van der Waals surface area contributed by atoms with E-state index in [0.717, 1.165) is 11.8 Å². The summed E-state index contributed by atoms with van der Waals surface area (Å²) in [5.74, 6) is 0.246. The highest BCUT2D eigenvalue weighted by molar-refractivity contribution is 7.99. The van der Waals surface area contributed by atoms with Crippen LogP contribution in [0, 0.1) is 11.3 Å². The van der Waals surface area contributed by atoms with Crippen molar-refractivity contribution in [2.45, 2.75) is 5.03 Å². The summed E-state index contributed by atoms with van der Waals surface area (Å²) in [7, 11) is 1.64. The number of nitrogens with zero attached hydrogens (tertiary/aromatic N) is 2. The SMILES string of the molecule is C[n+]1[nH]oc(=O)c1SCC#N. The summed E-state index contributed by atoms with van der Waals surface area (Å²) in [6.45, 7) is 0. The van der Waals surface area contributed by atoms with E-state index in [4.69, 9.17) is 5.26 Å². The first-order chi connectivity index (χ1) is 5.25. The number of rotatable bonds is 2. The number of nitrogens with one attached hydrogen (secondary N) is 1. The molecule has 0 aromatic carbocycles. The van der Waals surface area contributed by atoms with Gasteiger partial charge in [0.2, 0.25) is 0 Å². The zero-order valence-corrected chi connectivity index (χ0v) is 6.64. The van der Waals surface area contributed by atoms with Crippen molar-refractivity contribution in [1.29, 1.82) is 5.26 Å². The standard InChI is InChI=1S/C5H5N3O2S/c1-8-4(11-3-2-6)5(9)10-7-8/h3H2,1H3/p+1. The highest BCUT2D eigenvalue weighted by atomic mass is 32.2. The monoisotopic (exact) mass is 172 g/mol. The lowest BCUT2D eigenvalue weighted by molar-refractivity contribution is -0.772. The van der Waals surface area contributed by atoms with Crippen LogP contribution in [0.2, 0.25) is 0 Å². The summed E-state index contributed by atoms with van der Waals surface area (Å²) >= 11 is 1.14. The Morgan fingerprint density at radius 2 is 2.64 bits per heavy atom. The minimum Gasteiger partial charge on any atom is -0.282 e. The number of nitriles is 1. The van der Waals surface area contributed by atoms with Crippen LogP contribution in [-0.4, -0.2) is 11.0 Å². The van der Waals surface area contributed by atoms with Gasteiger partial charge in [-0.3, -0.25) is 4.52 Å². The van der Waals surface area contributed by atoms with Crippen LogP contribution in [0.5, 0.6) is 0 Å². The topological polar surface area (TPSA) is 73.7 Å². The van der Waals surface area contributed by atoms with Crippen molar-refractivity contribution in [1.82, 2.24) is 5.27 Å². The summed E-state index contributed by atoms with van der Waals surface area (Å²) in [5.41, 5.74) is -0.437. The van der Waals surface area contributed by atoms with Crippen LogP contribution in [0.15, 0.2) is 14.3 Å². The van der Waals surface area contributed by atoms with Gasteiger partial charge in [0.25, 0.3) is 0 Å². The molecule has 0 atom stereocenters. The van der Waals surface area contributed by atoms with Crippen LogP contribution >= 0.6 is 11.8 Å². The quantitative estimate of drug-likeness (QED) is 0.478. The van der Waals surface area contributed by atoms with E-state index in [9.17, 15) is 4.79 Å². The van der Waals surface area contributed by atoms with Crippen LogP contribution < -0.4 is 10.3 Å². The third kappa shape index (κ3) is 1.62. The van der Waals surface area contributed by atoms with E-state index in [-0.39, 0.29) is 5.75 Å². The molecule has 0 unspecified atom stereocenters. The molecule has 0 radical (unpaired) electrons. The number of hydrogen-bond donors (Lipinski definition) is 1. The minimum atomic E-state index is -0.437. The summed E-state index contributed by atoms with van der Waals surface area (Å²) in [6.07, 6.45) is 0. The van der Waals surface area contributed by atoms with E-state index >= 15 is 0 Å². The van der Waals surface area contributed by atoms with Gasteiger partial charge in [-0.1, -0.05) is 4.68 Å². The molecule has 0 fully saturated rings. The summed E-state index contributed by atoms with van der Waals surface area (Å²) in [5, 5.41) is 11.0. The van der Waals surface area contributed by atoms with Gasteiger partial charge in [-0.2, -0.15) is 5.26 Å². The molecule has 6 heteroatoms. The molecule has 0 saturated carbocycles. The van der Waals surface area contributed by atoms with Crippen molar-refractivity contribution >= 4 is 11.8 Å². The molecule has 0 amide bonds. The lowest BCUT2D eigenvalue weighted by Gasteiger charge is -1.80. The first-order valence-electron chi connectivity index (χ1n) is 2.83. The zero-order chi connectivity index (χ0) is 8.27. The Labute approximate surface area is 66.6 Å². The third-order valence-corrected chi connectivity index (χ3v) is 2.02. The maximum atomic E-state index is 10.8. The molecule has 1 aromatic heterocycles. The molecule has 1 rings (SSSR count). The molecular weight excluding hydrogens is 166 g/mol. The largest absolute Gasteiger partial charge is 0.441 e. The first-order valence-corrected chi connectivity index (χ1v) is 3.81. The van der Waals surface area contributed by atoms with Gasteiger partial charge >= 0.3 is 10.7 Å². The molecule has 0 aliphatic rings. The van der Waals surface area contributed by atoms with Crippen LogP contribution in [-0.2, 0) is 7.05 Å². The summed E-state index contributed by atoms with van der Waals surface area (Å²) in [4.78, 5) is 10.8. The predicted molar refractivity (Wildman–Crippen MR) is 36.8 cm³/mol. The van der Waals surface area contributed by atoms with Gasteiger partial charge in [-0.25, -0.2) is 4.79 Å². The normalized spacial score (nSPS) is 9.45. The van der Waals surface area contributed by atoms with Crippen molar-refractivity contribution < 1.29 is 9.20 Å². The number of aromatic amines is 1. The lowest BCUT2D eigenvalue weighted by atomic mass is 10.9. The van der Waals surface area contributed by atoms with Crippen molar-refractivity contribution in [2.75, 3.05) is 5.75 Å². The van der Waals surface area contributed by atoms with Gasteiger partial charge in [-0.15, -0.1) is 0 Å². The molecule has 0 aliphatic carbocycles. The first kappa shape index (κ1) is 7.88. The highest BCUT2D eigenvalue weighted by Gasteiger charge is 2.16. The number of hydrogen-bond acceptors (Lipinski definition) is 4. The fourth-order valence-corrected chi connectivity index (χ4v) is 1.18. The average Bonchev–Trinajstić information content (AvgIpc) is 2.29. The maximum Gasteiger partial charge on any atom is 0.441 e. The van der Waals surface area contributed by atoms with Gasteiger partial charge in [0.05, 0.1) is 11.8 Å². The molecule has 0 spiro atoms. The Hall–Kier alpha value is -1.22. The average molecular weight is 172 g/mol. The van der Waals surface area contributed by atoms with Gasteiger partial charge in [-0.05, 0) is 17.0 Å². The van der Waals surface area contributed by atoms with E-state index in [1.165, 1.54) is 4.68 Å². The summed E-state index contributed by atoms with van der Waals surface area (Å²) in [6, 6.07) is 1.92. The fraction of sp³-hybridized carbons (Fsp3) is 0.400. The van der Waals surface area contributed by atoms with Crippen molar-refractivity contribution in [3.63, 3.8) is 0 Å². The maximum absolute atomic E-state index is 10.8. The number of H-pyrrole nitrogens is 1. The van der Waals surface area contributed by atoms with E-state index in [0.29, 0.717) is 5.03 Å². The Morgan fingerprint density at radius 3 is 3.09 bits per heavy atom. The van der Waals surface area contributed by atoms with Crippen LogP contribution in [0.4, 0.5) is 0 Å². The fourth-order valence-electron chi connectivity index (χ4n) is 0.588. The second kappa shape index (κ2) is 3.25. The Kier molecular flexibility index (Phi) is 2.33. The molecule has 0 saturated heterocycles.